The molecule has 0 bridgehead atoms. The van der Waals surface area contributed by atoms with Crippen molar-refractivity contribution in [1.82, 2.24) is 5.32 Å². The second-order valence-corrected chi connectivity index (χ2v) is 6.17. The van der Waals surface area contributed by atoms with Crippen molar-refractivity contribution in [3.05, 3.63) is 39.9 Å². The van der Waals surface area contributed by atoms with Gasteiger partial charge in [-0.15, -0.1) is 0 Å². The van der Waals surface area contributed by atoms with E-state index in [-0.39, 0.29) is 34.7 Å². The van der Waals surface area contributed by atoms with Gasteiger partial charge in [-0.2, -0.15) is 0 Å². The lowest BCUT2D eigenvalue weighted by molar-refractivity contribution is -0.384. The molecule has 0 aliphatic rings. The van der Waals surface area contributed by atoms with Gasteiger partial charge in [0.05, 0.1) is 4.92 Å². The van der Waals surface area contributed by atoms with Crippen molar-refractivity contribution < 1.29 is 10.0 Å². The molecule has 2 N–H and O–H groups in total. The molecule has 5 nitrogen and oxygen atoms in total. The molecule has 0 fully saturated rings. The zero-order valence-electron chi connectivity index (χ0n) is 12.6. The van der Waals surface area contributed by atoms with Crippen molar-refractivity contribution >= 4 is 5.69 Å². The maximum absolute atomic E-state index is 10.8. The maximum Gasteiger partial charge on any atom is 0.269 e. The highest BCUT2D eigenvalue weighted by atomic mass is 16.6. The zero-order valence-corrected chi connectivity index (χ0v) is 12.6. The summed E-state index contributed by atoms with van der Waals surface area (Å²) < 4.78 is 0. The van der Waals surface area contributed by atoms with Crippen LogP contribution in [-0.2, 0) is 0 Å². The van der Waals surface area contributed by atoms with Crippen LogP contribution in [0.5, 0.6) is 0 Å². The standard InChI is InChI=1S/C15H24N2O3/c1-11(16-14(8-9-18)15(2,3)4)12-6-5-7-13(10-12)17(19)20/h5-7,10-11,14,16,18H,8-9H2,1-4H3. The molecule has 0 saturated heterocycles. The van der Waals surface area contributed by atoms with Crippen LogP contribution in [0.3, 0.4) is 0 Å². The van der Waals surface area contributed by atoms with Crippen LogP contribution in [0.1, 0.15) is 45.7 Å². The van der Waals surface area contributed by atoms with Gasteiger partial charge in [0.15, 0.2) is 0 Å². The Morgan fingerprint density at radius 1 is 1.40 bits per heavy atom. The molecule has 0 spiro atoms. The highest BCUT2D eigenvalue weighted by Crippen LogP contribution is 2.26. The summed E-state index contributed by atoms with van der Waals surface area (Å²) in [5.41, 5.74) is 0.995. The molecule has 2 atom stereocenters. The lowest BCUT2D eigenvalue weighted by Crippen LogP contribution is -2.42. The van der Waals surface area contributed by atoms with E-state index in [0.717, 1.165) is 5.56 Å². The number of nitrogens with zero attached hydrogens (tertiary/aromatic N) is 1. The largest absolute Gasteiger partial charge is 0.396 e. The Kier molecular flexibility index (Phi) is 5.65. The van der Waals surface area contributed by atoms with Gasteiger partial charge < -0.3 is 10.4 Å². The summed E-state index contributed by atoms with van der Waals surface area (Å²) in [5.74, 6) is 0. The minimum absolute atomic E-state index is 0.00863. The van der Waals surface area contributed by atoms with E-state index >= 15 is 0 Å². The SMILES string of the molecule is CC(NC(CCO)C(C)(C)C)c1cccc([N+](=O)[O-])c1. The lowest BCUT2D eigenvalue weighted by atomic mass is 9.84. The average molecular weight is 280 g/mol. The molecule has 0 aromatic heterocycles. The van der Waals surface area contributed by atoms with E-state index in [9.17, 15) is 15.2 Å². The molecule has 20 heavy (non-hydrogen) atoms. The smallest absolute Gasteiger partial charge is 0.269 e. The van der Waals surface area contributed by atoms with Gasteiger partial charge in [-0.3, -0.25) is 10.1 Å². The van der Waals surface area contributed by atoms with Crippen LogP contribution >= 0.6 is 0 Å². The summed E-state index contributed by atoms with van der Waals surface area (Å²) in [6.07, 6.45) is 0.656. The predicted octanol–water partition coefficient (Wildman–Crippen LogP) is 3.04. The number of nitro groups is 1. The molecule has 112 valence electrons. The van der Waals surface area contributed by atoms with E-state index in [1.165, 1.54) is 6.07 Å². The second-order valence-electron chi connectivity index (χ2n) is 6.17. The molecule has 0 radical (unpaired) electrons. The Morgan fingerprint density at radius 3 is 2.55 bits per heavy atom. The van der Waals surface area contributed by atoms with Gasteiger partial charge in [0, 0.05) is 30.8 Å². The number of hydrogen-bond acceptors (Lipinski definition) is 4. The summed E-state index contributed by atoms with van der Waals surface area (Å²) in [6.45, 7) is 8.44. The number of non-ortho nitro benzene ring substituents is 1. The van der Waals surface area contributed by atoms with Crippen LogP contribution in [0.25, 0.3) is 0 Å². The normalized spacial score (nSPS) is 14.8. The number of aliphatic hydroxyl groups excluding tert-OH is 1. The van der Waals surface area contributed by atoms with Crippen LogP contribution in [0.15, 0.2) is 24.3 Å². The van der Waals surface area contributed by atoms with Crippen LogP contribution in [0, 0.1) is 15.5 Å². The van der Waals surface area contributed by atoms with Crippen molar-refractivity contribution in [3.8, 4) is 0 Å². The van der Waals surface area contributed by atoms with Crippen molar-refractivity contribution in [1.29, 1.82) is 0 Å². The first-order valence-electron chi connectivity index (χ1n) is 6.87. The Balaban J connectivity index is 2.86. The Bertz CT molecular complexity index is 455. The zero-order chi connectivity index (χ0) is 15.3. The molecule has 5 heteroatoms. The minimum Gasteiger partial charge on any atom is -0.396 e. The Hall–Kier alpha value is -1.46. The average Bonchev–Trinajstić information content (AvgIpc) is 2.37. The quantitative estimate of drug-likeness (QED) is 0.620. The molecule has 1 rings (SSSR count). The maximum atomic E-state index is 10.8. The first-order chi connectivity index (χ1) is 9.25. The van der Waals surface area contributed by atoms with Crippen molar-refractivity contribution in [2.75, 3.05) is 6.61 Å². The predicted molar refractivity (Wildman–Crippen MR) is 79.6 cm³/mol. The molecular formula is C15H24N2O3. The van der Waals surface area contributed by atoms with Crippen molar-refractivity contribution in [2.24, 2.45) is 5.41 Å². The minimum atomic E-state index is -0.384. The molecule has 1 aromatic rings. The highest BCUT2D eigenvalue weighted by Gasteiger charge is 2.25. The van der Waals surface area contributed by atoms with Gasteiger partial charge in [-0.25, -0.2) is 0 Å². The van der Waals surface area contributed by atoms with Crippen LogP contribution < -0.4 is 5.32 Å². The molecule has 0 heterocycles. The van der Waals surface area contributed by atoms with E-state index in [4.69, 9.17) is 0 Å². The summed E-state index contributed by atoms with van der Waals surface area (Å²) in [5, 5.41) is 23.4. The van der Waals surface area contributed by atoms with Gasteiger partial charge in [0.1, 0.15) is 0 Å². The first kappa shape index (κ1) is 16.6. The number of hydrogen-bond donors (Lipinski definition) is 2. The van der Waals surface area contributed by atoms with Gasteiger partial charge >= 0.3 is 0 Å². The van der Waals surface area contributed by atoms with Crippen molar-refractivity contribution in [3.63, 3.8) is 0 Å². The topological polar surface area (TPSA) is 75.4 Å². The number of benzene rings is 1. The van der Waals surface area contributed by atoms with Crippen LogP contribution in [0.2, 0.25) is 0 Å². The van der Waals surface area contributed by atoms with E-state index in [1.807, 2.05) is 13.0 Å². The number of nitro benzene ring substituents is 1. The summed E-state index contributed by atoms with van der Waals surface area (Å²) in [7, 11) is 0. The third-order valence-electron chi connectivity index (χ3n) is 3.50. The monoisotopic (exact) mass is 280 g/mol. The van der Waals surface area contributed by atoms with E-state index in [0.29, 0.717) is 6.42 Å². The Morgan fingerprint density at radius 2 is 2.05 bits per heavy atom. The first-order valence-corrected chi connectivity index (χ1v) is 6.87. The molecule has 0 saturated carbocycles. The summed E-state index contributed by atoms with van der Waals surface area (Å²) in [4.78, 5) is 10.4. The lowest BCUT2D eigenvalue weighted by Gasteiger charge is -2.34. The van der Waals surface area contributed by atoms with Crippen molar-refractivity contribution in [2.45, 2.75) is 46.2 Å². The number of rotatable bonds is 6. The van der Waals surface area contributed by atoms with Crippen LogP contribution in [0.4, 0.5) is 5.69 Å². The molecule has 0 aliphatic heterocycles. The third-order valence-corrected chi connectivity index (χ3v) is 3.50. The van der Waals surface area contributed by atoms with E-state index in [1.54, 1.807) is 12.1 Å². The van der Waals surface area contributed by atoms with E-state index in [2.05, 4.69) is 26.1 Å². The van der Waals surface area contributed by atoms with Gasteiger partial charge in [-0.1, -0.05) is 32.9 Å². The van der Waals surface area contributed by atoms with E-state index < -0.39 is 0 Å². The molecule has 2 unspecified atom stereocenters. The number of aliphatic hydroxyl groups is 1. The molecular weight excluding hydrogens is 256 g/mol. The van der Waals surface area contributed by atoms with Gasteiger partial charge in [0.2, 0.25) is 0 Å². The van der Waals surface area contributed by atoms with Gasteiger partial charge in [0.25, 0.3) is 5.69 Å². The van der Waals surface area contributed by atoms with Gasteiger partial charge in [-0.05, 0) is 24.3 Å². The fourth-order valence-electron chi connectivity index (χ4n) is 2.20. The Labute approximate surface area is 120 Å². The summed E-state index contributed by atoms with van der Waals surface area (Å²) >= 11 is 0. The molecule has 0 amide bonds. The fourth-order valence-corrected chi connectivity index (χ4v) is 2.20. The molecule has 1 aromatic carbocycles. The highest BCUT2D eigenvalue weighted by molar-refractivity contribution is 5.35. The fraction of sp³-hybridized carbons (Fsp3) is 0.600. The third kappa shape index (κ3) is 4.58. The van der Waals surface area contributed by atoms with Crippen LogP contribution in [-0.4, -0.2) is 22.7 Å². The molecule has 0 aliphatic carbocycles. The second kappa shape index (κ2) is 6.81. The summed E-state index contributed by atoms with van der Waals surface area (Å²) in [6, 6.07) is 6.79. The number of nitrogens with one attached hydrogen (secondary N) is 1.